The summed E-state index contributed by atoms with van der Waals surface area (Å²) in [6.07, 6.45) is 12.6. The molecule has 18 heavy (non-hydrogen) atoms. The SMILES string of the molecule is CC(C)CCCC(=O)C1CCC2CCCCC2C1. The van der Waals surface area contributed by atoms with Gasteiger partial charge in [-0.25, -0.2) is 0 Å². The fourth-order valence-electron chi connectivity index (χ4n) is 4.05. The first-order chi connectivity index (χ1) is 8.66. The van der Waals surface area contributed by atoms with Crippen molar-refractivity contribution in [2.24, 2.45) is 23.7 Å². The van der Waals surface area contributed by atoms with Crippen molar-refractivity contribution in [2.75, 3.05) is 0 Å². The summed E-state index contributed by atoms with van der Waals surface area (Å²) in [5.74, 6) is 3.62. The van der Waals surface area contributed by atoms with Crippen LogP contribution in [0.5, 0.6) is 0 Å². The number of Topliss-reactive ketones (excluding diaryl/α,β-unsaturated/α-hetero) is 1. The Kier molecular flexibility index (Phi) is 5.26. The van der Waals surface area contributed by atoms with Gasteiger partial charge in [0.25, 0.3) is 0 Å². The molecule has 3 unspecified atom stereocenters. The lowest BCUT2D eigenvalue weighted by molar-refractivity contribution is -0.125. The minimum absolute atomic E-state index is 0.427. The minimum atomic E-state index is 0.427. The van der Waals surface area contributed by atoms with Crippen LogP contribution in [0.3, 0.4) is 0 Å². The Hall–Kier alpha value is -0.330. The molecule has 2 aliphatic carbocycles. The second kappa shape index (κ2) is 6.73. The second-order valence-corrected chi connectivity index (χ2v) is 7.07. The van der Waals surface area contributed by atoms with E-state index < -0.39 is 0 Å². The third kappa shape index (κ3) is 3.83. The van der Waals surface area contributed by atoms with Crippen molar-refractivity contribution in [2.45, 2.75) is 78.1 Å². The summed E-state index contributed by atoms with van der Waals surface area (Å²) in [7, 11) is 0. The number of hydrogen-bond donors (Lipinski definition) is 0. The van der Waals surface area contributed by atoms with Gasteiger partial charge in [0.15, 0.2) is 0 Å². The Balaban J connectivity index is 1.74. The summed E-state index contributed by atoms with van der Waals surface area (Å²) in [4.78, 5) is 12.3. The lowest BCUT2D eigenvalue weighted by Crippen LogP contribution is -2.31. The fourth-order valence-corrected chi connectivity index (χ4v) is 4.05. The first kappa shape index (κ1) is 14.1. The summed E-state index contributed by atoms with van der Waals surface area (Å²) in [6.45, 7) is 4.50. The molecule has 0 aliphatic heterocycles. The highest BCUT2D eigenvalue weighted by Crippen LogP contribution is 2.43. The number of carbonyl (C=O) groups is 1. The van der Waals surface area contributed by atoms with Crippen LogP contribution < -0.4 is 0 Å². The molecule has 1 nitrogen and oxygen atoms in total. The number of ketones is 1. The van der Waals surface area contributed by atoms with E-state index in [4.69, 9.17) is 0 Å². The van der Waals surface area contributed by atoms with Crippen LogP contribution in [0.4, 0.5) is 0 Å². The normalized spacial score (nSPS) is 32.3. The van der Waals surface area contributed by atoms with Crippen molar-refractivity contribution >= 4 is 5.78 Å². The topological polar surface area (TPSA) is 17.1 Å². The Morgan fingerprint density at radius 2 is 1.78 bits per heavy atom. The smallest absolute Gasteiger partial charge is 0.135 e. The van der Waals surface area contributed by atoms with Gasteiger partial charge in [-0.05, 0) is 43.4 Å². The van der Waals surface area contributed by atoms with E-state index in [1.54, 1.807) is 0 Å². The second-order valence-electron chi connectivity index (χ2n) is 7.07. The molecule has 104 valence electrons. The van der Waals surface area contributed by atoms with Gasteiger partial charge in [0, 0.05) is 12.3 Å². The zero-order chi connectivity index (χ0) is 13.0. The van der Waals surface area contributed by atoms with Gasteiger partial charge < -0.3 is 0 Å². The minimum Gasteiger partial charge on any atom is -0.299 e. The van der Waals surface area contributed by atoms with Gasteiger partial charge in [0.1, 0.15) is 5.78 Å². The quantitative estimate of drug-likeness (QED) is 0.672. The maximum absolute atomic E-state index is 12.3. The Labute approximate surface area is 113 Å². The van der Waals surface area contributed by atoms with Gasteiger partial charge in [-0.3, -0.25) is 4.79 Å². The van der Waals surface area contributed by atoms with Crippen LogP contribution in [-0.2, 0) is 4.79 Å². The highest BCUT2D eigenvalue weighted by Gasteiger charge is 2.34. The number of carbonyl (C=O) groups excluding carboxylic acids is 1. The molecule has 1 heteroatoms. The molecule has 3 atom stereocenters. The highest BCUT2D eigenvalue weighted by molar-refractivity contribution is 5.81. The van der Waals surface area contributed by atoms with Crippen molar-refractivity contribution in [1.29, 1.82) is 0 Å². The largest absolute Gasteiger partial charge is 0.299 e. The molecule has 0 amide bonds. The molecule has 0 radical (unpaired) electrons. The van der Waals surface area contributed by atoms with Crippen molar-refractivity contribution in [1.82, 2.24) is 0 Å². The van der Waals surface area contributed by atoms with E-state index in [1.165, 1.54) is 51.4 Å². The molecule has 2 fully saturated rings. The van der Waals surface area contributed by atoms with Gasteiger partial charge in [0.05, 0.1) is 0 Å². The van der Waals surface area contributed by atoms with E-state index in [0.29, 0.717) is 11.7 Å². The number of rotatable bonds is 5. The predicted molar refractivity (Wildman–Crippen MR) is 76.5 cm³/mol. The van der Waals surface area contributed by atoms with Crippen LogP contribution in [0.15, 0.2) is 0 Å². The lowest BCUT2D eigenvalue weighted by atomic mass is 9.66. The van der Waals surface area contributed by atoms with Gasteiger partial charge in [-0.1, -0.05) is 46.0 Å². The summed E-state index contributed by atoms with van der Waals surface area (Å²) in [6, 6.07) is 0. The Bertz CT molecular complexity index is 269. The van der Waals surface area contributed by atoms with Gasteiger partial charge in [0.2, 0.25) is 0 Å². The molecule has 0 bridgehead atoms. The number of fused-ring (bicyclic) bond motifs is 1. The molecule has 0 aromatic carbocycles. The predicted octanol–water partition coefficient (Wildman–Crippen LogP) is 4.99. The van der Waals surface area contributed by atoms with Crippen LogP contribution in [0.25, 0.3) is 0 Å². The average molecular weight is 250 g/mol. The summed E-state index contributed by atoms with van der Waals surface area (Å²) >= 11 is 0. The molecular formula is C17H30O. The van der Waals surface area contributed by atoms with Crippen molar-refractivity contribution in [3.8, 4) is 0 Å². The van der Waals surface area contributed by atoms with Crippen molar-refractivity contribution < 1.29 is 4.79 Å². The molecule has 0 aromatic heterocycles. The number of hydrogen-bond acceptors (Lipinski definition) is 1. The first-order valence-corrected chi connectivity index (χ1v) is 8.19. The van der Waals surface area contributed by atoms with Gasteiger partial charge in [-0.15, -0.1) is 0 Å². The van der Waals surface area contributed by atoms with E-state index in [-0.39, 0.29) is 0 Å². The van der Waals surface area contributed by atoms with Crippen molar-refractivity contribution in [3.63, 3.8) is 0 Å². The molecule has 0 aromatic rings. The van der Waals surface area contributed by atoms with Crippen LogP contribution >= 0.6 is 0 Å². The lowest BCUT2D eigenvalue weighted by Gasteiger charge is -2.38. The van der Waals surface area contributed by atoms with Crippen LogP contribution in [-0.4, -0.2) is 5.78 Å². The summed E-state index contributed by atoms with van der Waals surface area (Å²) in [5, 5.41) is 0. The summed E-state index contributed by atoms with van der Waals surface area (Å²) < 4.78 is 0. The van der Waals surface area contributed by atoms with Crippen LogP contribution in [0, 0.1) is 23.7 Å². The molecule has 0 spiro atoms. The molecule has 2 rings (SSSR count). The highest BCUT2D eigenvalue weighted by atomic mass is 16.1. The third-order valence-electron chi connectivity index (χ3n) is 5.20. The monoisotopic (exact) mass is 250 g/mol. The summed E-state index contributed by atoms with van der Waals surface area (Å²) in [5.41, 5.74) is 0. The zero-order valence-electron chi connectivity index (χ0n) is 12.3. The van der Waals surface area contributed by atoms with E-state index in [2.05, 4.69) is 13.8 Å². The average Bonchev–Trinajstić information content (AvgIpc) is 2.37. The molecular weight excluding hydrogens is 220 g/mol. The van der Waals surface area contributed by atoms with E-state index in [9.17, 15) is 4.79 Å². The maximum Gasteiger partial charge on any atom is 0.135 e. The molecule has 0 N–H and O–H groups in total. The van der Waals surface area contributed by atoms with E-state index in [0.717, 1.165) is 30.6 Å². The first-order valence-electron chi connectivity index (χ1n) is 8.19. The van der Waals surface area contributed by atoms with E-state index in [1.807, 2.05) is 0 Å². The van der Waals surface area contributed by atoms with Crippen LogP contribution in [0.1, 0.15) is 78.1 Å². The van der Waals surface area contributed by atoms with Gasteiger partial charge in [-0.2, -0.15) is 0 Å². The Morgan fingerprint density at radius 3 is 2.50 bits per heavy atom. The Morgan fingerprint density at radius 1 is 1.06 bits per heavy atom. The maximum atomic E-state index is 12.3. The molecule has 0 saturated heterocycles. The van der Waals surface area contributed by atoms with Gasteiger partial charge >= 0.3 is 0 Å². The standard InChI is InChI=1S/C17H30O/c1-13(2)6-5-9-17(18)16-11-10-14-7-3-4-8-15(14)12-16/h13-16H,3-12H2,1-2H3. The molecule has 2 aliphatic rings. The fraction of sp³-hybridized carbons (Fsp3) is 0.941. The third-order valence-corrected chi connectivity index (χ3v) is 5.20. The van der Waals surface area contributed by atoms with E-state index >= 15 is 0 Å². The molecule has 2 saturated carbocycles. The van der Waals surface area contributed by atoms with Crippen LogP contribution in [0.2, 0.25) is 0 Å². The zero-order valence-corrected chi connectivity index (χ0v) is 12.3. The van der Waals surface area contributed by atoms with Crippen molar-refractivity contribution in [3.05, 3.63) is 0 Å². The molecule has 0 heterocycles.